The lowest BCUT2D eigenvalue weighted by atomic mass is 10.2. The van der Waals surface area contributed by atoms with Gasteiger partial charge in [-0.05, 0) is 23.8 Å². The average Bonchev–Trinajstić information content (AvgIpc) is 3.05. The molecular weight excluding hydrogens is 386 g/mol. The monoisotopic (exact) mass is 403 g/mol. The normalized spacial score (nSPS) is 16.0. The van der Waals surface area contributed by atoms with Crippen LogP contribution in [0.2, 0.25) is 5.02 Å². The second-order valence-electron chi connectivity index (χ2n) is 5.87. The summed E-state index contributed by atoms with van der Waals surface area (Å²) in [5, 5.41) is 8.90. The molecule has 0 fully saturated rings. The third-order valence-electron chi connectivity index (χ3n) is 3.77. The fourth-order valence-electron chi connectivity index (χ4n) is 2.48. The van der Waals surface area contributed by atoms with E-state index in [2.05, 4.69) is 10.4 Å². The summed E-state index contributed by atoms with van der Waals surface area (Å²) in [5.74, 6) is 0.264. The fraction of sp³-hybridized carbons (Fsp3) is 0.211. The number of thioether (sulfide) groups is 1. The number of amides is 2. The van der Waals surface area contributed by atoms with Gasteiger partial charge in [0.15, 0.2) is 5.17 Å². The van der Waals surface area contributed by atoms with Crippen molar-refractivity contribution >= 4 is 40.3 Å². The first-order valence-electron chi connectivity index (χ1n) is 8.23. The van der Waals surface area contributed by atoms with Crippen molar-refractivity contribution in [1.82, 2.24) is 10.3 Å². The summed E-state index contributed by atoms with van der Waals surface area (Å²) < 4.78 is 5.78. The third-order valence-corrected chi connectivity index (χ3v) is 5.24. The highest BCUT2D eigenvalue weighted by Gasteiger charge is 2.32. The van der Waals surface area contributed by atoms with Gasteiger partial charge in [0, 0.05) is 24.4 Å². The Kier molecular flexibility index (Phi) is 6.03. The molecule has 2 aromatic carbocycles. The standard InChI is InChI=1S/C19H18ClN3O3S/c1-12(24)21-19-22-23(13(2)25)18(27-19)14-7-9-16(10-8-14)26-11-15-5-3-4-6-17(15)20/h3-10,18H,11H2,1-2H3,(H,21,22,24)/t18-/m1/s1. The highest BCUT2D eigenvalue weighted by Crippen LogP contribution is 2.39. The van der Waals surface area contributed by atoms with Crippen molar-refractivity contribution in [2.45, 2.75) is 25.8 Å². The predicted octanol–water partition coefficient (Wildman–Crippen LogP) is 3.92. The summed E-state index contributed by atoms with van der Waals surface area (Å²) in [6, 6.07) is 14.9. The van der Waals surface area contributed by atoms with Gasteiger partial charge < -0.3 is 10.1 Å². The van der Waals surface area contributed by atoms with E-state index in [0.29, 0.717) is 22.5 Å². The molecule has 8 heteroatoms. The Morgan fingerprint density at radius 2 is 1.89 bits per heavy atom. The van der Waals surface area contributed by atoms with Crippen LogP contribution in [0.1, 0.15) is 30.3 Å². The van der Waals surface area contributed by atoms with Crippen LogP contribution in [0.4, 0.5) is 0 Å². The maximum atomic E-state index is 11.9. The number of halogens is 1. The van der Waals surface area contributed by atoms with Crippen molar-refractivity contribution in [3.8, 4) is 5.75 Å². The minimum absolute atomic E-state index is 0.202. The Morgan fingerprint density at radius 3 is 2.52 bits per heavy atom. The van der Waals surface area contributed by atoms with Crippen LogP contribution < -0.4 is 10.1 Å². The molecule has 0 unspecified atom stereocenters. The number of benzene rings is 2. The molecule has 1 atom stereocenters. The van der Waals surface area contributed by atoms with Gasteiger partial charge in [0.2, 0.25) is 11.8 Å². The highest BCUT2D eigenvalue weighted by molar-refractivity contribution is 8.14. The predicted molar refractivity (Wildman–Crippen MR) is 106 cm³/mol. The summed E-state index contributed by atoms with van der Waals surface area (Å²) in [4.78, 5) is 23.1. The zero-order valence-corrected chi connectivity index (χ0v) is 16.4. The van der Waals surface area contributed by atoms with Crippen molar-refractivity contribution in [1.29, 1.82) is 0 Å². The molecule has 1 heterocycles. The Balaban J connectivity index is 1.68. The number of hydrogen-bond donors (Lipinski definition) is 1. The van der Waals surface area contributed by atoms with Crippen LogP contribution in [0.3, 0.4) is 0 Å². The summed E-state index contributed by atoms with van der Waals surface area (Å²) in [7, 11) is 0. The molecule has 140 valence electrons. The van der Waals surface area contributed by atoms with E-state index in [-0.39, 0.29) is 17.2 Å². The third kappa shape index (κ3) is 4.81. The van der Waals surface area contributed by atoms with Gasteiger partial charge in [0.1, 0.15) is 17.7 Å². The van der Waals surface area contributed by atoms with Crippen LogP contribution in [0.15, 0.2) is 53.6 Å². The Labute approximate surface area is 166 Å². The van der Waals surface area contributed by atoms with Gasteiger partial charge in [-0.1, -0.05) is 53.7 Å². The van der Waals surface area contributed by atoms with E-state index < -0.39 is 0 Å². The summed E-state index contributed by atoms with van der Waals surface area (Å²) in [6.45, 7) is 3.21. The van der Waals surface area contributed by atoms with Gasteiger partial charge in [-0.25, -0.2) is 5.01 Å². The minimum Gasteiger partial charge on any atom is -0.489 e. The van der Waals surface area contributed by atoms with Gasteiger partial charge in [-0.15, -0.1) is 5.10 Å². The van der Waals surface area contributed by atoms with E-state index in [9.17, 15) is 9.59 Å². The maximum Gasteiger partial charge on any atom is 0.241 e. The molecule has 0 saturated carbocycles. The second kappa shape index (κ2) is 8.45. The van der Waals surface area contributed by atoms with Crippen LogP contribution in [-0.2, 0) is 16.2 Å². The number of hydrazone groups is 1. The van der Waals surface area contributed by atoms with E-state index >= 15 is 0 Å². The molecule has 0 saturated heterocycles. The highest BCUT2D eigenvalue weighted by atomic mass is 35.5. The molecule has 0 aromatic heterocycles. The lowest BCUT2D eigenvalue weighted by molar-refractivity contribution is -0.129. The van der Waals surface area contributed by atoms with Crippen LogP contribution in [0.25, 0.3) is 0 Å². The number of rotatable bonds is 4. The summed E-state index contributed by atoms with van der Waals surface area (Å²) in [5.41, 5.74) is 1.79. The minimum atomic E-state index is -0.332. The van der Waals surface area contributed by atoms with Crippen molar-refractivity contribution in [2.75, 3.05) is 0 Å². The quantitative estimate of drug-likeness (QED) is 0.839. The van der Waals surface area contributed by atoms with Gasteiger partial charge >= 0.3 is 0 Å². The fourth-order valence-corrected chi connectivity index (χ4v) is 3.81. The Bertz CT molecular complexity index is 886. The number of nitrogens with zero attached hydrogens (tertiary/aromatic N) is 2. The van der Waals surface area contributed by atoms with E-state index in [4.69, 9.17) is 16.3 Å². The van der Waals surface area contributed by atoms with E-state index in [1.165, 1.54) is 30.6 Å². The van der Waals surface area contributed by atoms with Crippen LogP contribution in [-0.4, -0.2) is 22.0 Å². The molecule has 6 nitrogen and oxygen atoms in total. The molecule has 27 heavy (non-hydrogen) atoms. The largest absolute Gasteiger partial charge is 0.489 e. The lowest BCUT2D eigenvalue weighted by Crippen LogP contribution is -2.25. The maximum absolute atomic E-state index is 11.9. The van der Waals surface area contributed by atoms with Crippen LogP contribution in [0.5, 0.6) is 5.75 Å². The van der Waals surface area contributed by atoms with Crippen molar-refractivity contribution in [2.24, 2.45) is 5.10 Å². The Hall–Kier alpha value is -2.51. The SMILES string of the molecule is CC(=O)NC1=NN(C(C)=O)[C@@H](c2ccc(OCc3ccccc3Cl)cc2)S1. The van der Waals surface area contributed by atoms with E-state index in [1.807, 2.05) is 48.5 Å². The molecule has 1 aliphatic heterocycles. The molecule has 0 bridgehead atoms. The van der Waals surface area contributed by atoms with Crippen molar-refractivity contribution < 1.29 is 14.3 Å². The van der Waals surface area contributed by atoms with E-state index in [1.54, 1.807) is 0 Å². The number of ether oxygens (including phenoxy) is 1. The first-order chi connectivity index (χ1) is 12.9. The first-order valence-corrected chi connectivity index (χ1v) is 9.48. The lowest BCUT2D eigenvalue weighted by Gasteiger charge is -2.19. The van der Waals surface area contributed by atoms with E-state index in [0.717, 1.165) is 11.1 Å². The van der Waals surface area contributed by atoms with Gasteiger partial charge in [0.25, 0.3) is 0 Å². The summed E-state index contributed by atoms with van der Waals surface area (Å²) >= 11 is 7.45. The number of carbonyl (C=O) groups excluding carboxylic acids is 2. The van der Waals surface area contributed by atoms with Gasteiger partial charge in [0.05, 0.1) is 0 Å². The summed E-state index contributed by atoms with van der Waals surface area (Å²) in [6.07, 6.45) is 0. The molecule has 2 aromatic rings. The molecule has 0 radical (unpaired) electrons. The average molecular weight is 404 g/mol. The topological polar surface area (TPSA) is 71.0 Å². The van der Waals surface area contributed by atoms with Crippen molar-refractivity contribution in [3.63, 3.8) is 0 Å². The van der Waals surface area contributed by atoms with Gasteiger partial charge in [-0.2, -0.15) is 0 Å². The number of nitrogens with one attached hydrogen (secondary N) is 1. The zero-order valence-electron chi connectivity index (χ0n) is 14.8. The molecule has 1 aliphatic rings. The number of carbonyl (C=O) groups is 2. The molecule has 2 amide bonds. The smallest absolute Gasteiger partial charge is 0.241 e. The molecule has 0 spiro atoms. The molecular formula is C19H18ClN3O3S. The molecule has 0 aliphatic carbocycles. The van der Waals surface area contributed by atoms with Crippen LogP contribution in [0, 0.1) is 0 Å². The van der Waals surface area contributed by atoms with Gasteiger partial charge in [-0.3, -0.25) is 9.59 Å². The zero-order chi connectivity index (χ0) is 19.4. The number of hydrogen-bond acceptors (Lipinski definition) is 5. The second-order valence-corrected chi connectivity index (χ2v) is 7.35. The molecule has 1 N–H and O–H groups in total. The molecule has 3 rings (SSSR count). The first kappa shape index (κ1) is 19.3. The Morgan fingerprint density at radius 1 is 1.19 bits per heavy atom. The van der Waals surface area contributed by atoms with Crippen LogP contribution >= 0.6 is 23.4 Å². The number of amidine groups is 1. The van der Waals surface area contributed by atoms with Crippen molar-refractivity contribution in [3.05, 3.63) is 64.7 Å².